The molecule has 1 aliphatic heterocycles. The van der Waals surface area contributed by atoms with Gasteiger partial charge in [0, 0.05) is 31.2 Å². The van der Waals surface area contributed by atoms with Gasteiger partial charge in [-0.25, -0.2) is 9.97 Å². The second-order valence-corrected chi connectivity index (χ2v) is 5.92. The molecule has 26 heavy (non-hydrogen) atoms. The molecule has 0 bridgehead atoms. The summed E-state index contributed by atoms with van der Waals surface area (Å²) in [6.45, 7) is 1.93. The van der Waals surface area contributed by atoms with E-state index in [4.69, 9.17) is 16.3 Å². The molecule has 0 atom stereocenters. The molecule has 0 saturated carbocycles. The fourth-order valence-electron chi connectivity index (χ4n) is 2.40. The van der Waals surface area contributed by atoms with Crippen molar-refractivity contribution in [2.24, 2.45) is 0 Å². The minimum atomic E-state index is -4.57. The third kappa shape index (κ3) is 4.23. The second-order valence-electron chi connectivity index (χ2n) is 5.52. The molecule has 138 valence electrons. The maximum Gasteiger partial charge on any atom is 0.417 e. The molecule has 2 aromatic rings. The van der Waals surface area contributed by atoms with E-state index in [-0.39, 0.29) is 17.5 Å². The van der Waals surface area contributed by atoms with Crippen LogP contribution in [0.5, 0.6) is 0 Å². The van der Waals surface area contributed by atoms with Crippen LogP contribution >= 0.6 is 11.6 Å². The van der Waals surface area contributed by atoms with Crippen LogP contribution in [0.3, 0.4) is 0 Å². The minimum absolute atomic E-state index is 0.0685. The molecular formula is C16H14ClF3N4O2. The Kier molecular flexibility index (Phi) is 5.28. The second kappa shape index (κ2) is 7.46. The van der Waals surface area contributed by atoms with Crippen molar-refractivity contribution in [3.63, 3.8) is 0 Å². The van der Waals surface area contributed by atoms with Crippen LogP contribution in [0.1, 0.15) is 15.9 Å². The summed E-state index contributed by atoms with van der Waals surface area (Å²) in [5, 5.41) is 2.27. The number of benzene rings is 1. The Hall–Kier alpha value is -2.39. The molecule has 1 aromatic carbocycles. The third-order valence-electron chi connectivity index (χ3n) is 3.72. The van der Waals surface area contributed by atoms with Gasteiger partial charge in [0.1, 0.15) is 0 Å². The van der Waals surface area contributed by atoms with E-state index in [1.165, 1.54) is 18.5 Å². The number of anilines is 2. The van der Waals surface area contributed by atoms with Crippen LogP contribution in [0.15, 0.2) is 30.6 Å². The number of nitrogens with one attached hydrogen (secondary N) is 1. The van der Waals surface area contributed by atoms with Crippen LogP contribution < -0.4 is 5.32 Å². The molecule has 1 fully saturated rings. The molecule has 0 radical (unpaired) electrons. The summed E-state index contributed by atoms with van der Waals surface area (Å²) >= 11 is 5.58. The summed E-state index contributed by atoms with van der Waals surface area (Å²) in [7, 11) is 0. The molecule has 1 N–H and O–H groups in total. The summed E-state index contributed by atoms with van der Waals surface area (Å²) in [5.41, 5.74) is -0.526. The number of carbonyl (C=O) groups is 1. The Balaban J connectivity index is 1.72. The smallest absolute Gasteiger partial charge is 0.378 e. The molecule has 10 heteroatoms. The van der Waals surface area contributed by atoms with E-state index in [9.17, 15) is 18.0 Å². The average molecular weight is 387 g/mol. The number of halogens is 4. The molecular weight excluding hydrogens is 373 g/mol. The first-order chi connectivity index (χ1) is 12.3. The lowest BCUT2D eigenvalue weighted by atomic mass is 10.2. The first-order valence-electron chi connectivity index (χ1n) is 7.67. The van der Waals surface area contributed by atoms with Gasteiger partial charge < -0.3 is 15.0 Å². The number of alkyl halides is 3. The van der Waals surface area contributed by atoms with Gasteiger partial charge in [0.05, 0.1) is 29.4 Å². The zero-order valence-corrected chi connectivity index (χ0v) is 14.1. The Labute approximate surface area is 151 Å². The normalized spacial score (nSPS) is 15.0. The van der Waals surface area contributed by atoms with E-state index in [2.05, 4.69) is 15.3 Å². The maximum absolute atomic E-state index is 12.9. The number of carbonyl (C=O) groups excluding carboxylic acids is 1. The number of morpholine rings is 1. The molecule has 1 aliphatic rings. The van der Waals surface area contributed by atoms with E-state index < -0.39 is 16.8 Å². The predicted octanol–water partition coefficient (Wildman–Crippen LogP) is 3.36. The predicted molar refractivity (Wildman–Crippen MR) is 88.5 cm³/mol. The Morgan fingerprint density at radius 2 is 1.85 bits per heavy atom. The largest absolute Gasteiger partial charge is 0.417 e. The first kappa shape index (κ1) is 18.4. The molecule has 0 spiro atoms. The highest BCUT2D eigenvalue weighted by Crippen LogP contribution is 2.36. The first-order valence-corrected chi connectivity index (χ1v) is 8.05. The summed E-state index contributed by atoms with van der Waals surface area (Å²) in [6, 6.07) is 3.40. The molecule has 0 unspecified atom stereocenters. The number of amides is 1. The molecule has 2 heterocycles. The van der Waals surface area contributed by atoms with Gasteiger partial charge in [-0.3, -0.25) is 4.79 Å². The number of hydrogen-bond acceptors (Lipinski definition) is 5. The molecule has 1 aromatic heterocycles. The van der Waals surface area contributed by atoms with Gasteiger partial charge >= 0.3 is 6.18 Å². The lowest BCUT2D eigenvalue weighted by Crippen LogP contribution is -2.40. The monoisotopic (exact) mass is 386 g/mol. The van der Waals surface area contributed by atoms with E-state index in [0.29, 0.717) is 31.9 Å². The van der Waals surface area contributed by atoms with E-state index in [0.717, 1.165) is 12.1 Å². The Morgan fingerprint density at radius 1 is 1.19 bits per heavy atom. The van der Waals surface area contributed by atoms with Crippen molar-refractivity contribution in [2.75, 3.05) is 31.6 Å². The zero-order chi connectivity index (χ0) is 18.7. The minimum Gasteiger partial charge on any atom is -0.378 e. The summed E-state index contributed by atoms with van der Waals surface area (Å²) in [5.74, 6) is -0.148. The lowest BCUT2D eigenvalue weighted by molar-refractivity contribution is -0.137. The van der Waals surface area contributed by atoms with Crippen LogP contribution in [0.25, 0.3) is 0 Å². The quantitative estimate of drug-likeness (QED) is 0.876. The average Bonchev–Trinajstić information content (AvgIpc) is 2.63. The molecule has 6 nitrogen and oxygen atoms in total. The third-order valence-corrected chi connectivity index (χ3v) is 4.05. The molecule has 1 amide bonds. The van der Waals surface area contributed by atoms with Crippen LogP contribution in [-0.2, 0) is 10.9 Å². The SMILES string of the molecule is O=C(c1cnc(Nc2ccc(Cl)c(C(F)(F)F)c2)nc1)N1CCOCC1. The van der Waals surface area contributed by atoms with Crippen molar-refractivity contribution in [1.82, 2.24) is 14.9 Å². The summed E-state index contributed by atoms with van der Waals surface area (Å²) in [4.78, 5) is 21.9. The standard InChI is InChI=1S/C16H14ClF3N4O2/c17-13-2-1-11(7-12(13)16(18,19)20)23-15-21-8-10(9-22-15)14(25)24-3-5-26-6-4-24/h1-2,7-9H,3-6H2,(H,21,22,23). The zero-order valence-electron chi connectivity index (χ0n) is 13.4. The van der Waals surface area contributed by atoms with Crippen LogP contribution in [0.4, 0.5) is 24.8 Å². The van der Waals surface area contributed by atoms with Gasteiger partial charge in [0.2, 0.25) is 5.95 Å². The number of ether oxygens (including phenoxy) is 1. The Morgan fingerprint density at radius 3 is 2.46 bits per heavy atom. The van der Waals surface area contributed by atoms with Crippen LogP contribution in [0.2, 0.25) is 5.02 Å². The van der Waals surface area contributed by atoms with Gasteiger partial charge in [0.15, 0.2) is 0 Å². The van der Waals surface area contributed by atoms with Crippen molar-refractivity contribution in [3.05, 3.63) is 46.7 Å². The van der Waals surface area contributed by atoms with E-state index in [1.807, 2.05) is 0 Å². The lowest BCUT2D eigenvalue weighted by Gasteiger charge is -2.26. The van der Waals surface area contributed by atoms with Gasteiger partial charge in [-0.2, -0.15) is 13.2 Å². The van der Waals surface area contributed by atoms with E-state index in [1.54, 1.807) is 4.90 Å². The number of hydrogen-bond donors (Lipinski definition) is 1. The van der Waals surface area contributed by atoms with E-state index >= 15 is 0 Å². The van der Waals surface area contributed by atoms with Crippen LogP contribution in [0, 0.1) is 0 Å². The van der Waals surface area contributed by atoms with Crippen molar-refractivity contribution in [2.45, 2.75) is 6.18 Å². The van der Waals surface area contributed by atoms with Gasteiger partial charge in [-0.15, -0.1) is 0 Å². The molecule has 1 saturated heterocycles. The van der Waals surface area contributed by atoms with Gasteiger partial charge in [-0.1, -0.05) is 11.6 Å². The molecule has 3 rings (SSSR count). The van der Waals surface area contributed by atoms with Gasteiger partial charge in [-0.05, 0) is 18.2 Å². The highest BCUT2D eigenvalue weighted by molar-refractivity contribution is 6.31. The number of aromatic nitrogens is 2. The number of nitrogens with zero attached hydrogens (tertiary/aromatic N) is 3. The van der Waals surface area contributed by atoms with Gasteiger partial charge in [0.25, 0.3) is 5.91 Å². The maximum atomic E-state index is 12.9. The van der Waals surface area contributed by atoms with Crippen molar-refractivity contribution < 1.29 is 22.7 Å². The fraction of sp³-hybridized carbons (Fsp3) is 0.312. The summed E-state index contributed by atoms with van der Waals surface area (Å²) < 4.78 is 43.9. The highest BCUT2D eigenvalue weighted by atomic mass is 35.5. The fourth-order valence-corrected chi connectivity index (χ4v) is 2.63. The number of rotatable bonds is 3. The van der Waals surface area contributed by atoms with Crippen molar-refractivity contribution in [3.8, 4) is 0 Å². The van der Waals surface area contributed by atoms with Crippen molar-refractivity contribution in [1.29, 1.82) is 0 Å². The summed E-state index contributed by atoms with van der Waals surface area (Å²) in [6.07, 6.45) is -1.91. The highest BCUT2D eigenvalue weighted by Gasteiger charge is 2.33. The molecule has 0 aliphatic carbocycles. The van der Waals surface area contributed by atoms with Crippen LogP contribution in [-0.4, -0.2) is 47.1 Å². The van der Waals surface area contributed by atoms with Crippen molar-refractivity contribution >= 4 is 29.1 Å². The Bertz CT molecular complexity index is 793. The topological polar surface area (TPSA) is 67.4 Å².